The van der Waals surface area contributed by atoms with Crippen molar-refractivity contribution in [3.8, 4) is 0 Å². The molecule has 1 aromatic carbocycles. The molecular formula is C11H9BrF2N2O4. The number of nitrogens with one attached hydrogen (secondary N) is 1. The van der Waals surface area contributed by atoms with E-state index in [0.717, 1.165) is 12.1 Å². The lowest BCUT2D eigenvalue weighted by molar-refractivity contribution is -0.140. The maximum atomic E-state index is 13.5. The molecule has 0 spiro atoms. The zero-order valence-electron chi connectivity index (χ0n) is 9.82. The molecule has 0 aliphatic heterocycles. The number of primary amides is 1. The summed E-state index contributed by atoms with van der Waals surface area (Å²) < 4.78 is 27.1. The molecule has 20 heavy (non-hydrogen) atoms. The Bertz CT molecular complexity index is 557. The van der Waals surface area contributed by atoms with Crippen LogP contribution in [0.15, 0.2) is 16.6 Å². The first-order chi connectivity index (χ1) is 9.22. The molecule has 0 radical (unpaired) electrons. The highest BCUT2D eigenvalue weighted by Crippen LogP contribution is 2.19. The molecule has 108 valence electrons. The summed E-state index contributed by atoms with van der Waals surface area (Å²) in [7, 11) is 0. The monoisotopic (exact) mass is 350 g/mol. The fourth-order valence-corrected chi connectivity index (χ4v) is 1.79. The summed E-state index contributed by atoms with van der Waals surface area (Å²) in [5.74, 6) is -6.15. The predicted molar refractivity (Wildman–Crippen MR) is 66.8 cm³/mol. The molecule has 9 heteroatoms. The van der Waals surface area contributed by atoms with Gasteiger partial charge in [0.25, 0.3) is 5.91 Å². The van der Waals surface area contributed by atoms with Crippen LogP contribution >= 0.6 is 15.9 Å². The Morgan fingerprint density at radius 1 is 1.30 bits per heavy atom. The Labute approximate surface area is 120 Å². The number of amides is 2. The van der Waals surface area contributed by atoms with Crippen LogP contribution in [-0.4, -0.2) is 28.9 Å². The molecule has 0 aliphatic rings. The van der Waals surface area contributed by atoms with Crippen LogP contribution in [0.4, 0.5) is 8.78 Å². The Balaban J connectivity index is 3.01. The van der Waals surface area contributed by atoms with Gasteiger partial charge in [-0.25, -0.2) is 13.6 Å². The van der Waals surface area contributed by atoms with Crippen molar-refractivity contribution in [2.75, 3.05) is 0 Å². The van der Waals surface area contributed by atoms with Crippen LogP contribution in [0.3, 0.4) is 0 Å². The van der Waals surface area contributed by atoms with Crippen molar-refractivity contribution in [1.29, 1.82) is 0 Å². The molecule has 0 saturated heterocycles. The summed E-state index contributed by atoms with van der Waals surface area (Å²) in [6.45, 7) is 0. The lowest BCUT2D eigenvalue weighted by Gasteiger charge is -2.13. The summed E-state index contributed by atoms with van der Waals surface area (Å²) in [5.41, 5.74) is 3.88. The Kier molecular flexibility index (Phi) is 5.14. The minimum absolute atomic E-state index is 0.0796. The molecule has 0 unspecified atom stereocenters. The number of rotatable bonds is 5. The molecule has 1 atom stereocenters. The number of carboxylic acids is 1. The number of carbonyl (C=O) groups is 3. The third-order valence-electron chi connectivity index (χ3n) is 2.24. The van der Waals surface area contributed by atoms with Crippen LogP contribution in [0.5, 0.6) is 0 Å². The minimum Gasteiger partial charge on any atom is -0.480 e. The average molecular weight is 351 g/mol. The summed E-state index contributed by atoms with van der Waals surface area (Å²) in [6.07, 6.45) is -0.694. The molecular weight excluding hydrogens is 342 g/mol. The van der Waals surface area contributed by atoms with Gasteiger partial charge in [-0.1, -0.05) is 15.9 Å². The largest absolute Gasteiger partial charge is 0.480 e. The topological polar surface area (TPSA) is 109 Å². The summed E-state index contributed by atoms with van der Waals surface area (Å²) in [5, 5.41) is 10.6. The Morgan fingerprint density at radius 3 is 2.20 bits per heavy atom. The second kappa shape index (κ2) is 6.42. The van der Waals surface area contributed by atoms with Gasteiger partial charge in [0, 0.05) is 4.47 Å². The number of hydrogen-bond donors (Lipinski definition) is 3. The third-order valence-corrected chi connectivity index (χ3v) is 2.70. The first kappa shape index (κ1) is 16.0. The van der Waals surface area contributed by atoms with Crippen LogP contribution < -0.4 is 11.1 Å². The van der Waals surface area contributed by atoms with E-state index in [4.69, 9.17) is 10.8 Å². The quantitative estimate of drug-likeness (QED) is 0.728. The van der Waals surface area contributed by atoms with Crippen molar-refractivity contribution in [2.24, 2.45) is 5.73 Å². The summed E-state index contributed by atoms with van der Waals surface area (Å²) in [4.78, 5) is 33.1. The number of hydrogen-bond acceptors (Lipinski definition) is 3. The van der Waals surface area contributed by atoms with Gasteiger partial charge in [-0.15, -0.1) is 0 Å². The molecule has 0 aromatic heterocycles. The highest BCUT2D eigenvalue weighted by Gasteiger charge is 2.26. The summed E-state index contributed by atoms with van der Waals surface area (Å²) in [6, 6.07) is 0.0337. The molecule has 1 aromatic rings. The van der Waals surface area contributed by atoms with Gasteiger partial charge in [-0.2, -0.15) is 0 Å². The number of carboxylic acid groups (broad SMARTS) is 1. The number of halogens is 3. The fraction of sp³-hybridized carbons (Fsp3) is 0.182. The second-order valence-electron chi connectivity index (χ2n) is 3.78. The van der Waals surface area contributed by atoms with Gasteiger partial charge in [0.05, 0.1) is 6.42 Å². The first-order valence-electron chi connectivity index (χ1n) is 5.19. The van der Waals surface area contributed by atoms with Gasteiger partial charge in [0.15, 0.2) is 0 Å². The Hall–Kier alpha value is -2.03. The lowest BCUT2D eigenvalue weighted by atomic mass is 10.1. The molecule has 0 bridgehead atoms. The fourth-order valence-electron chi connectivity index (χ4n) is 1.39. The second-order valence-corrected chi connectivity index (χ2v) is 4.69. The van der Waals surface area contributed by atoms with Crippen molar-refractivity contribution >= 4 is 33.7 Å². The predicted octanol–water partition coefficient (Wildman–Crippen LogP) is 0.786. The van der Waals surface area contributed by atoms with Crippen LogP contribution in [0.1, 0.15) is 16.8 Å². The van der Waals surface area contributed by atoms with Crippen molar-refractivity contribution < 1.29 is 28.3 Å². The number of aliphatic carboxylic acids is 1. The van der Waals surface area contributed by atoms with Gasteiger partial charge in [0.2, 0.25) is 5.91 Å². The van der Waals surface area contributed by atoms with Crippen LogP contribution in [-0.2, 0) is 9.59 Å². The number of carbonyl (C=O) groups excluding carboxylic acids is 2. The number of benzene rings is 1. The standard InChI is InChI=1S/C11H9BrF2N2O4/c12-4-1-5(13)9(6(14)2-4)10(18)16-7(11(19)20)3-8(15)17/h1-2,7H,3H2,(H2,15,17)(H,16,18)(H,19,20)/t7-/m0/s1. The van der Waals surface area contributed by atoms with Gasteiger partial charge in [0.1, 0.15) is 23.2 Å². The lowest BCUT2D eigenvalue weighted by Crippen LogP contribution is -2.43. The summed E-state index contributed by atoms with van der Waals surface area (Å²) >= 11 is 2.84. The average Bonchev–Trinajstić information content (AvgIpc) is 2.25. The molecule has 1 rings (SSSR count). The Morgan fingerprint density at radius 2 is 1.80 bits per heavy atom. The smallest absolute Gasteiger partial charge is 0.326 e. The molecule has 2 amide bonds. The highest BCUT2D eigenvalue weighted by molar-refractivity contribution is 9.10. The van der Waals surface area contributed by atoms with Crippen LogP contribution in [0, 0.1) is 11.6 Å². The minimum atomic E-state index is -1.66. The molecule has 4 N–H and O–H groups in total. The SMILES string of the molecule is NC(=O)C[C@H](NC(=O)c1c(F)cc(Br)cc1F)C(=O)O. The van der Waals surface area contributed by atoms with Gasteiger partial charge < -0.3 is 16.2 Å². The van der Waals surface area contributed by atoms with Crippen molar-refractivity contribution in [3.05, 3.63) is 33.8 Å². The first-order valence-corrected chi connectivity index (χ1v) is 5.98. The van der Waals surface area contributed by atoms with E-state index in [1.165, 1.54) is 0 Å². The molecule has 0 aliphatic carbocycles. The zero-order chi connectivity index (χ0) is 15.4. The van der Waals surface area contributed by atoms with E-state index < -0.39 is 47.4 Å². The van der Waals surface area contributed by atoms with E-state index in [-0.39, 0.29) is 4.47 Å². The molecule has 0 saturated carbocycles. The molecule has 6 nitrogen and oxygen atoms in total. The maximum Gasteiger partial charge on any atom is 0.326 e. The van der Waals surface area contributed by atoms with Crippen molar-refractivity contribution in [1.82, 2.24) is 5.32 Å². The highest BCUT2D eigenvalue weighted by atomic mass is 79.9. The maximum absolute atomic E-state index is 13.5. The molecule has 0 fully saturated rings. The normalized spacial score (nSPS) is 11.8. The van der Waals surface area contributed by atoms with Crippen molar-refractivity contribution in [3.63, 3.8) is 0 Å². The zero-order valence-corrected chi connectivity index (χ0v) is 11.4. The van der Waals surface area contributed by atoms with E-state index in [0.29, 0.717) is 0 Å². The van der Waals surface area contributed by atoms with Gasteiger partial charge in [-0.3, -0.25) is 9.59 Å². The third kappa shape index (κ3) is 3.98. The van der Waals surface area contributed by atoms with E-state index in [2.05, 4.69) is 15.9 Å². The van der Waals surface area contributed by atoms with E-state index >= 15 is 0 Å². The van der Waals surface area contributed by atoms with Crippen LogP contribution in [0.25, 0.3) is 0 Å². The van der Waals surface area contributed by atoms with Gasteiger partial charge in [-0.05, 0) is 12.1 Å². The number of nitrogens with two attached hydrogens (primary N) is 1. The van der Waals surface area contributed by atoms with Crippen LogP contribution in [0.2, 0.25) is 0 Å². The van der Waals surface area contributed by atoms with Crippen molar-refractivity contribution in [2.45, 2.75) is 12.5 Å². The van der Waals surface area contributed by atoms with E-state index in [1.807, 2.05) is 5.32 Å². The van der Waals surface area contributed by atoms with E-state index in [1.54, 1.807) is 0 Å². The van der Waals surface area contributed by atoms with E-state index in [9.17, 15) is 23.2 Å². The van der Waals surface area contributed by atoms with Gasteiger partial charge >= 0.3 is 5.97 Å². The molecule has 0 heterocycles.